The molecule has 3 rings (SSSR count). The van der Waals surface area contributed by atoms with Crippen LogP contribution in [0.5, 0.6) is 0 Å². The van der Waals surface area contributed by atoms with E-state index in [-0.39, 0.29) is 41.8 Å². The molecule has 0 spiro atoms. The number of aryl methyl sites for hydroxylation is 2. The number of nitrogens with one attached hydrogen (secondary N) is 1. The minimum atomic E-state index is -3.50. The number of benzene rings is 2. The molecule has 0 fully saturated rings. The Kier molecular flexibility index (Phi) is 6.56. The fraction of sp³-hybridized carbons (Fsp3) is 0.318. The van der Waals surface area contributed by atoms with Gasteiger partial charge in [-0.2, -0.15) is 5.10 Å². The van der Waals surface area contributed by atoms with Crippen molar-refractivity contribution < 1.29 is 18.0 Å². The molecular formula is C22H26N4O4S. The molecule has 0 saturated heterocycles. The van der Waals surface area contributed by atoms with E-state index in [1.54, 1.807) is 12.1 Å². The van der Waals surface area contributed by atoms with Gasteiger partial charge in [-0.1, -0.05) is 24.3 Å². The minimum absolute atomic E-state index is 0.150. The Labute approximate surface area is 182 Å². The number of sulfonamides is 1. The van der Waals surface area contributed by atoms with Crippen LogP contribution < -0.4 is 10.3 Å². The van der Waals surface area contributed by atoms with Crippen molar-refractivity contribution >= 4 is 33.2 Å². The Hall–Kier alpha value is -3.04. The molecule has 0 saturated carbocycles. The van der Waals surface area contributed by atoms with Crippen LogP contribution in [-0.4, -0.2) is 44.3 Å². The third kappa shape index (κ3) is 5.00. The van der Waals surface area contributed by atoms with Gasteiger partial charge in [0.15, 0.2) is 0 Å². The van der Waals surface area contributed by atoms with E-state index in [1.165, 1.54) is 31.2 Å². The van der Waals surface area contributed by atoms with Gasteiger partial charge in [-0.15, -0.1) is 0 Å². The van der Waals surface area contributed by atoms with E-state index in [2.05, 4.69) is 10.4 Å². The molecule has 0 aromatic heterocycles. The normalized spacial score (nSPS) is 14.5. The largest absolute Gasteiger partial charge is 0.347 e. The molecule has 164 valence electrons. The molecule has 0 atom stereocenters. The molecule has 1 N–H and O–H groups in total. The summed E-state index contributed by atoms with van der Waals surface area (Å²) >= 11 is 0. The van der Waals surface area contributed by atoms with E-state index in [1.807, 2.05) is 32.0 Å². The zero-order valence-corrected chi connectivity index (χ0v) is 18.9. The number of amides is 2. The maximum absolute atomic E-state index is 12.6. The van der Waals surface area contributed by atoms with Crippen LogP contribution in [0.3, 0.4) is 0 Å². The number of hydrogen-bond donors (Lipinski definition) is 1. The fourth-order valence-corrected chi connectivity index (χ4v) is 4.03. The number of rotatable bonds is 6. The SMILES string of the molecule is Cc1ccc(C)c(N2N=C(C(=O)NCc3ccc(S(=O)(=O)N(C)C)cc3)CCC2=O)c1. The summed E-state index contributed by atoms with van der Waals surface area (Å²) in [6, 6.07) is 12.1. The third-order valence-corrected chi connectivity index (χ3v) is 6.87. The molecule has 9 heteroatoms. The van der Waals surface area contributed by atoms with Gasteiger partial charge in [0.25, 0.3) is 5.91 Å². The molecule has 2 aromatic rings. The standard InChI is InChI=1S/C22H26N4O4S/c1-15-5-6-16(2)20(13-15)26-21(27)12-11-19(24-26)22(28)23-14-17-7-9-18(10-8-17)31(29,30)25(3)4/h5-10,13H,11-12,14H2,1-4H3,(H,23,28). The van der Waals surface area contributed by atoms with Crippen LogP contribution in [0.2, 0.25) is 0 Å². The highest BCUT2D eigenvalue weighted by atomic mass is 32.2. The van der Waals surface area contributed by atoms with Gasteiger partial charge in [0.2, 0.25) is 15.9 Å². The minimum Gasteiger partial charge on any atom is -0.347 e. The molecule has 31 heavy (non-hydrogen) atoms. The Morgan fingerprint density at radius 1 is 1.10 bits per heavy atom. The first-order valence-corrected chi connectivity index (χ1v) is 11.3. The summed E-state index contributed by atoms with van der Waals surface area (Å²) in [6.45, 7) is 4.05. The van der Waals surface area contributed by atoms with E-state index in [9.17, 15) is 18.0 Å². The Morgan fingerprint density at radius 2 is 1.77 bits per heavy atom. The van der Waals surface area contributed by atoms with Gasteiger partial charge >= 0.3 is 0 Å². The average molecular weight is 443 g/mol. The first-order valence-electron chi connectivity index (χ1n) is 9.87. The Morgan fingerprint density at radius 3 is 2.42 bits per heavy atom. The zero-order chi connectivity index (χ0) is 22.8. The lowest BCUT2D eigenvalue weighted by molar-refractivity contribution is -0.119. The molecule has 2 amide bonds. The highest BCUT2D eigenvalue weighted by molar-refractivity contribution is 7.89. The highest BCUT2D eigenvalue weighted by Crippen LogP contribution is 2.25. The fourth-order valence-electron chi connectivity index (χ4n) is 3.13. The van der Waals surface area contributed by atoms with Gasteiger partial charge in [-0.05, 0) is 48.7 Å². The van der Waals surface area contributed by atoms with E-state index in [4.69, 9.17) is 0 Å². The van der Waals surface area contributed by atoms with Crippen molar-refractivity contribution in [3.05, 3.63) is 59.2 Å². The quantitative estimate of drug-likeness (QED) is 0.742. The summed E-state index contributed by atoms with van der Waals surface area (Å²) < 4.78 is 25.4. The number of carbonyl (C=O) groups is 2. The second-order valence-corrected chi connectivity index (χ2v) is 9.81. The molecule has 8 nitrogen and oxygen atoms in total. The van der Waals surface area contributed by atoms with Gasteiger partial charge < -0.3 is 5.32 Å². The molecule has 1 heterocycles. The average Bonchev–Trinajstić information content (AvgIpc) is 2.74. The molecule has 0 aliphatic carbocycles. The summed E-state index contributed by atoms with van der Waals surface area (Å²) in [5.74, 6) is -0.504. The lowest BCUT2D eigenvalue weighted by Gasteiger charge is -2.24. The molecule has 1 aliphatic heterocycles. The summed E-state index contributed by atoms with van der Waals surface area (Å²) in [4.78, 5) is 25.2. The highest BCUT2D eigenvalue weighted by Gasteiger charge is 2.26. The zero-order valence-electron chi connectivity index (χ0n) is 18.0. The van der Waals surface area contributed by atoms with Crippen LogP contribution in [0.25, 0.3) is 0 Å². The Bertz CT molecular complexity index is 1140. The van der Waals surface area contributed by atoms with Crippen molar-refractivity contribution in [1.82, 2.24) is 9.62 Å². The van der Waals surface area contributed by atoms with E-state index in [0.717, 1.165) is 21.0 Å². The topological polar surface area (TPSA) is 99.2 Å². The molecule has 0 radical (unpaired) electrons. The van der Waals surface area contributed by atoms with Crippen molar-refractivity contribution in [2.24, 2.45) is 5.10 Å². The predicted octanol–water partition coefficient (Wildman–Crippen LogP) is 2.35. The number of hydrogen-bond acceptors (Lipinski definition) is 5. The predicted molar refractivity (Wildman–Crippen MR) is 119 cm³/mol. The third-order valence-electron chi connectivity index (χ3n) is 5.04. The van der Waals surface area contributed by atoms with Crippen LogP contribution in [0.1, 0.15) is 29.5 Å². The number of anilines is 1. The van der Waals surface area contributed by atoms with E-state index < -0.39 is 10.0 Å². The van der Waals surface area contributed by atoms with Crippen molar-refractivity contribution in [2.45, 2.75) is 38.1 Å². The smallest absolute Gasteiger partial charge is 0.267 e. The number of carbonyl (C=O) groups excluding carboxylic acids is 2. The van der Waals surface area contributed by atoms with Crippen molar-refractivity contribution in [2.75, 3.05) is 19.1 Å². The van der Waals surface area contributed by atoms with Crippen molar-refractivity contribution in [3.63, 3.8) is 0 Å². The van der Waals surface area contributed by atoms with Gasteiger partial charge in [-0.25, -0.2) is 17.7 Å². The summed E-state index contributed by atoms with van der Waals surface area (Å²) in [5, 5.41) is 8.42. The number of nitrogens with zero attached hydrogens (tertiary/aromatic N) is 3. The second-order valence-electron chi connectivity index (χ2n) is 7.66. The second kappa shape index (κ2) is 8.99. The van der Waals surface area contributed by atoms with Gasteiger partial charge in [0.1, 0.15) is 5.71 Å². The molecule has 2 aromatic carbocycles. The van der Waals surface area contributed by atoms with Crippen molar-refractivity contribution in [1.29, 1.82) is 0 Å². The van der Waals surface area contributed by atoms with Crippen LogP contribution in [0.15, 0.2) is 52.5 Å². The van der Waals surface area contributed by atoms with Gasteiger partial charge in [0, 0.05) is 33.5 Å². The van der Waals surface area contributed by atoms with E-state index >= 15 is 0 Å². The molecule has 0 bridgehead atoms. The van der Waals surface area contributed by atoms with Gasteiger partial charge in [0.05, 0.1) is 10.6 Å². The summed E-state index contributed by atoms with van der Waals surface area (Å²) in [5.41, 5.74) is 3.61. The first kappa shape index (κ1) is 22.6. The number of hydrazone groups is 1. The maximum atomic E-state index is 12.6. The van der Waals surface area contributed by atoms with Crippen LogP contribution in [0, 0.1) is 13.8 Å². The molecule has 1 aliphatic rings. The monoisotopic (exact) mass is 442 g/mol. The lowest BCUT2D eigenvalue weighted by Crippen LogP contribution is -2.39. The van der Waals surface area contributed by atoms with E-state index in [0.29, 0.717) is 5.69 Å². The maximum Gasteiger partial charge on any atom is 0.267 e. The Balaban J connectivity index is 1.71. The van der Waals surface area contributed by atoms with Crippen LogP contribution in [0.4, 0.5) is 5.69 Å². The summed E-state index contributed by atoms with van der Waals surface area (Å²) in [7, 11) is -0.551. The summed E-state index contributed by atoms with van der Waals surface area (Å²) in [6.07, 6.45) is 0.475. The van der Waals surface area contributed by atoms with Gasteiger partial charge in [-0.3, -0.25) is 9.59 Å². The van der Waals surface area contributed by atoms with Crippen LogP contribution in [-0.2, 0) is 26.2 Å². The molecule has 0 unspecified atom stereocenters. The first-order chi connectivity index (χ1) is 14.6. The lowest BCUT2D eigenvalue weighted by atomic mass is 10.1. The molecular weight excluding hydrogens is 416 g/mol. The van der Waals surface area contributed by atoms with Crippen LogP contribution >= 0.6 is 0 Å². The van der Waals surface area contributed by atoms with Crippen molar-refractivity contribution in [3.8, 4) is 0 Å².